The number of nitrogens with one attached hydrogen (secondary N) is 1. The van der Waals surface area contributed by atoms with Gasteiger partial charge in [-0.25, -0.2) is 0 Å². The summed E-state index contributed by atoms with van der Waals surface area (Å²) in [5.74, 6) is -0.141. The van der Waals surface area contributed by atoms with Crippen molar-refractivity contribution in [1.29, 1.82) is 0 Å². The van der Waals surface area contributed by atoms with Crippen LogP contribution in [0.15, 0.2) is 42.5 Å². The van der Waals surface area contributed by atoms with Crippen molar-refractivity contribution in [1.82, 2.24) is 15.1 Å². The average Bonchev–Trinajstić information content (AvgIpc) is 3.11. The average molecular weight is 386 g/mol. The molecule has 1 amide bonds. The number of H-pyrrole nitrogens is 1. The summed E-state index contributed by atoms with van der Waals surface area (Å²) in [7, 11) is 0. The molecule has 27 heavy (non-hydrogen) atoms. The summed E-state index contributed by atoms with van der Waals surface area (Å²) < 4.78 is 0. The molecule has 8 nitrogen and oxygen atoms in total. The molecule has 1 aliphatic heterocycles. The molecule has 2 aromatic carbocycles. The Kier molecular flexibility index (Phi) is 4.41. The van der Waals surface area contributed by atoms with E-state index in [0.717, 1.165) is 10.9 Å². The third-order valence-electron chi connectivity index (χ3n) is 4.71. The lowest BCUT2D eigenvalue weighted by Gasteiger charge is -2.35. The van der Waals surface area contributed by atoms with Gasteiger partial charge >= 0.3 is 0 Å². The Bertz CT molecular complexity index is 1030. The van der Waals surface area contributed by atoms with Gasteiger partial charge in [-0.3, -0.25) is 20.0 Å². The monoisotopic (exact) mass is 385 g/mol. The van der Waals surface area contributed by atoms with Gasteiger partial charge in [-0.05, 0) is 18.2 Å². The van der Waals surface area contributed by atoms with Crippen molar-refractivity contribution in [3.63, 3.8) is 0 Å². The van der Waals surface area contributed by atoms with Crippen molar-refractivity contribution in [2.45, 2.75) is 0 Å². The van der Waals surface area contributed by atoms with E-state index in [9.17, 15) is 14.9 Å². The fourth-order valence-electron chi connectivity index (χ4n) is 3.34. The van der Waals surface area contributed by atoms with E-state index in [2.05, 4.69) is 10.2 Å². The predicted molar refractivity (Wildman–Crippen MR) is 102 cm³/mol. The number of nitrogens with zero attached hydrogens (tertiary/aromatic N) is 4. The van der Waals surface area contributed by atoms with E-state index in [1.165, 1.54) is 6.07 Å². The summed E-state index contributed by atoms with van der Waals surface area (Å²) in [6.45, 7) is 1.91. The molecule has 2 heterocycles. The number of carbonyl (C=O) groups excluding carboxylic acids is 1. The molecule has 0 unspecified atom stereocenters. The lowest BCUT2D eigenvalue weighted by molar-refractivity contribution is -0.384. The number of hydrogen-bond donors (Lipinski definition) is 1. The quantitative estimate of drug-likeness (QED) is 0.552. The van der Waals surface area contributed by atoms with Crippen molar-refractivity contribution < 1.29 is 9.72 Å². The third kappa shape index (κ3) is 3.19. The zero-order valence-corrected chi connectivity index (χ0v) is 15.0. The fourth-order valence-corrected chi connectivity index (χ4v) is 3.50. The number of rotatable bonds is 3. The van der Waals surface area contributed by atoms with Crippen LogP contribution in [0.4, 0.5) is 11.4 Å². The number of anilines is 1. The predicted octanol–water partition coefficient (Wildman–Crippen LogP) is 3.09. The van der Waals surface area contributed by atoms with E-state index in [-0.39, 0.29) is 11.6 Å². The molecule has 1 N–H and O–H groups in total. The van der Waals surface area contributed by atoms with E-state index in [4.69, 9.17) is 11.6 Å². The van der Waals surface area contributed by atoms with Crippen LogP contribution in [0.1, 0.15) is 10.5 Å². The molecular formula is C18H16ClN5O3. The number of hydrogen-bond acceptors (Lipinski definition) is 5. The molecule has 0 radical (unpaired) electrons. The van der Waals surface area contributed by atoms with Gasteiger partial charge in [0.25, 0.3) is 11.6 Å². The smallest absolute Gasteiger partial charge is 0.294 e. The van der Waals surface area contributed by atoms with Crippen LogP contribution >= 0.6 is 11.6 Å². The molecule has 0 bridgehead atoms. The molecule has 0 spiro atoms. The molecule has 3 aromatic rings. The lowest BCUT2D eigenvalue weighted by atomic mass is 10.1. The zero-order chi connectivity index (χ0) is 19.0. The van der Waals surface area contributed by atoms with Gasteiger partial charge in [0, 0.05) is 42.7 Å². The summed E-state index contributed by atoms with van der Waals surface area (Å²) in [4.78, 5) is 27.3. The van der Waals surface area contributed by atoms with Crippen LogP contribution < -0.4 is 4.90 Å². The third-order valence-corrected chi connectivity index (χ3v) is 4.95. The maximum Gasteiger partial charge on any atom is 0.294 e. The maximum absolute atomic E-state index is 12.8. The first kappa shape index (κ1) is 17.3. The molecule has 9 heteroatoms. The summed E-state index contributed by atoms with van der Waals surface area (Å²) in [6, 6.07) is 12.1. The highest BCUT2D eigenvalue weighted by molar-refractivity contribution is 6.30. The van der Waals surface area contributed by atoms with Crippen molar-refractivity contribution >= 4 is 39.8 Å². The fraction of sp³-hybridized carbons (Fsp3) is 0.222. The van der Waals surface area contributed by atoms with Crippen LogP contribution in [0.3, 0.4) is 0 Å². The maximum atomic E-state index is 12.8. The summed E-state index contributed by atoms with van der Waals surface area (Å²) in [5.41, 5.74) is 1.70. The summed E-state index contributed by atoms with van der Waals surface area (Å²) in [5, 5.41) is 19.5. The first-order valence-electron chi connectivity index (χ1n) is 8.46. The SMILES string of the molecule is O=C(c1n[nH]c2ccccc12)N1CCN(c2ccc(Cl)cc2[N+](=O)[O-])CC1. The number of carbonyl (C=O) groups is 1. The number of amides is 1. The van der Waals surface area contributed by atoms with Crippen LogP contribution in [-0.2, 0) is 0 Å². The molecule has 1 saturated heterocycles. The van der Waals surface area contributed by atoms with Crippen LogP contribution in [0, 0.1) is 10.1 Å². The Morgan fingerprint density at radius 2 is 1.89 bits per heavy atom. The van der Waals surface area contributed by atoms with Gasteiger partial charge in [-0.1, -0.05) is 29.8 Å². The molecule has 1 aliphatic rings. The standard InChI is InChI=1S/C18H16ClN5O3/c19-12-5-6-15(16(11-12)24(26)27)22-7-9-23(10-8-22)18(25)17-13-3-1-2-4-14(13)20-21-17/h1-6,11H,7-10H2,(H,20,21). The zero-order valence-electron chi connectivity index (χ0n) is 14.3. The van der Waals surface area contributed by atoms with E-state index in [1.54, 1.807) is 17.0 Å². The second kappa shape index (κ2) is 6.88. The number of aromatic amines is 1. The van der Waals surface area contributed by atoms with Gasteiger partial charge in [0.2, 0.25) is 0 Å². The van der Waals surface area contributed by atoms with Crippen molar-refractivity contribution in [2.24, 2.45) is 0 Å². The molecular weight excluding hydrogens is 370 g/mol. The van der Waals surface area contributed by atoms with Crippen molar-refractivity contribution in [3.05, 3.63) is 63.3 Å². The van der Waals surface area contributed by atoms with Crippen LogP contribution in [0.2, 0.25) is 5.02 Å². The molecule has 4 rings (SSSR count). The highest BCUT2D eigenvalue weighted by Crippen LogP contribution is 2.31. The van der Waals surface area contributed by atoms with Gasteiger partial charge in [-0.15, -0.1) is 0 Å². The highest BCUT2D eigenvalue weighted by Gasteiger charge is 2.28. The minimum absolute atomic E-state index is 0.0272. The largest absolute Gasteiger partial charge is 0.362 e. The summed E-state index contributed by atoms with van der Waals surface area (Å²) in [6.07, 6.45) is 0. The van der Waals surface area contributed by atoms with E-state index >= 15 is 0 Å². The topological polar surface area (TPSA) is 95.4 Å². The van der Waals surface area contributed by atoms with Crippen molar-refractivity contribution in [3.8, 4) is 0 Å². The molecule has 1 fully saturated rings. The highest BCUT2D eigenvalue weighted by atomic mass is 35.5. The minimum atomic E-state index is -0.436. The molecule has 0 aliphatic carbocycles. The number of halogens is 1. The number of piperazine rings is 1. The first-order valence-corrected chi connectivity index (χ1v) is 8.83. The van der Waals surface area contributed by atoms with Gasteiger partial charge in [0.05, 0.1) is 10.4 Å². The number of benzene rings is 2. The molecule has 0 saturated carbocycles. The van der Waals surface area contributed by atoms with E-state index in [1.807, 2.05) is 29.2 Å². The number of nitro groups is 1. The first-order chi connectivity index (χ1) is 13.0. The van der Waals surface area contributed by atoms with Gasteiger partial charge in [-0.2, -0.15) is 5.10 Å². The number of fused-ring (bicyclic) bond motifs is 1. The number of nitro benzene ring substituents is 1. The number of aromatic nitrogens is 2. The van der Waals surface area contributed by atoms with Crippen molar-refractivity contribution in [2.75, 3.05) is 31.1 Å². The van der Waals surface area contributed by atoms with Gasteiger partial charge in [0.15, 0.2) is 5.69 Å². The Morgan fingerprint density at radius 3 is 2.63 bits per heavy atom. The van der Waals surface area contributed by atoms with E-state index in [0.29, 0.717) is 42.6 Å². The lowest BCUT2D eigenvalue weighted by Crippen LogP contribution is -2.49. The van der Waals surface area contributed by atoms with Crippen LogP contribution in [-0.4, -0.2) is 52.1 Å². The van der Waals surface area contributed by atoms with Crippen LogP contribution in [0.5, 0.6) is 0 Å². The van der Waals surface area contributed by atoms with Crippen LogP contribution in [0.25, 0.3) is 10.9 Å². The second-order valence-corrected chi connectivity index (χ2v) is 6.72. The molecule has 0 atom stereocenters. The Hall–Kier alpha value is -3.13. The second-order valence-electron chi connectivity index (χ2n) is 6.29. The Labute approximate surface area is 159 Å². The Morgan fingerprint density at radius 1 is 1.15 bits per heavy atom. The van der Waals surface area contributed by atoms with E-state index < -0.39 is 4.92 Å². The van der Waals surface area contributed by atoms with Gasteiger partial charge < -0.3 is 9.80 Å². The minimum Gasteiger partial charge on any atom is -0.362 e. The molecule has 1 aromatic heterocycles. The normalized spacial score (nSPS) is 14.6. The molecule has 138 valence electrons. The Balaban J connectivity index is 1.51. The summed E-state index contributed by atoms with van der Waals surface area (Å²) >= 11 is 5.88. The van der Waals surface area contributed by atoms with Gasteiger partial charge in [0.1, 0.15) is 5.69 Å². The number of para-hydroxylation sites is 1.